The molecule has 0 aliphatic carbocycles. The van der Waals surface area contributed by atoms with Crippen molar-refractivity contribution in [1.82, 2.24) is 0 Å². The summed E-state index contributed by atoms with van der Waals surface area (Å²) in [7, 11) is 0. The quantitative estimate of drug-likeness (QED) is 0.0834. The van der Waals surface area contributed by atoms with Gasteiger partial charge < -0.3 is 47.4 Å². The van der Waals surface area contributed by atoms with Gasteiger partial charge in [0.15, 0.2) is 0 Å². The molecule has 0 fully saturated rings. The molecule has 12 heteroatoms. The van der Waals surface area contributed by atoms with Crippen molar-refractivity contribution >= 4 is 11.9 Å². The Morgan fingerprint density at radius 1 is 0.350 bits per heavy atom. The molecule has 12 nitrogen and oxygen atoms in total. The summed E-state index contributed by atoms with van der Waals surface area (Å²) in [5, 5.41) is 0. The summed E-state index contributed by atoms with van der Waals surface area (Å²) in [6.07, 6.45) is 4.71. The molecule has 0 aromatic heterocycles. The minimum absolute atomic E-state index is 0.161. The Bertz CT molecular complexity index is 535. The lowest BCUT2D eigenvalue weighted by Gasteiger charge is -2.09. The van der Waals surface area contributed by atoms with Crippen LogP contribution in [0.25, 0.3) is 0 Å². The Hall–Kier alpha value is -1.38. The van der Waals surface area contributed by atoms with Crippen molar-refractivity contribution in [1.29, 1.82) is 0 Å². The Balaban J connectivity index is 3.09. The summed E-state index contributed by atoms with van der Waals surface area (Å²) in [6.45, 7) is 12.0. The minimum atomic E-state index is -0.190. The van der Waals surface area contributed by atoms with E-state index in [-0.39, 0.29) is 25.2 Å². The Morgan fingerprint density at radius 3 is 0.900 bits per heavy atom. The van der Waals surface area contributed by atoms with Crippen LogP contribution in [0.2, 0.25) is 0 Å². The number of carbonyl (C=O) groups excluding carboxylic acids is 2. The van der Waals surface area contributed by atoms with Gasteiger partial charge in [-0.25, -0.2) is 0 Å². The second kappa shape index (κ2) is 33.8. The van der Waals surface area contributed by atoms with E-state index >= 15 is 0 Å². The molecular formula is C28H54O12. The summed E-state index contributed by atoms with van der Waals surface area (Å²) in [5.41, 5.74) is 0. The standard InChI is InChI=1S/C28H54O12/c1-3-5-6-8-28(30)40-26-24-38-22-20-36-18-16-34-14-12-32-10-9-31-11-13-33-15-17-35-19-21-37-23-25-39-27(29)7-4-2/h3-26H2,1-2H3. The van der Waals surface area contributed by atoms with Gasteiger partial charge in [-0.1, -0.05) is 26.7 Å². The molecule has 0 bridgehead atoms. The summed E-state index contributed by atoms with van der Waals surface area (Å²) >= 11 is 0. The van der Waals surface area contributed by atoms with Gasteiger partial charge in [-0.05, 0) is 12.8 Å². The average Bonchev–Trinajstić information content (AvgIpc) is 2.94. The van der Waals surface area contributed by atoms with Crippen LogP contribution in [0.1, 0.15) is 52.4 Å². The second-order valence-corrected chi connectivity index (χ2v) is 8.55. The highest BCUT2D eigenvalue weighted by Crippen LogP contribution is 2.00. The first-order valence-electron chi connectivity index (χ1n) is 14.6. The molecule has 0 aromatic rings. The number of unbranched alkanes of at least 4 members (excludes halogenated alkanes) is 2. The van der Waals surface area contributed by atoms with E-state index in [1.54, 1.807) is 0 Å². The molecule has 0 unspecified atom stereocenters. The first-order valence-corrected chi connectivity index (χ1v) is 14.6. The van der Waals surface area contributed by atoms with E-state index < -0.39 is 0 Å². The van der Waals surface area contributed by atoms with Gasteiger partial charge in [0.1, 0.15) is 13.2 Å². The van der Waals surface area contributed by atoms with Gasteiger partial charge in [0.05, 0.1) is 106 Å². The molecule has 0 N–H and O–H groups in total. The van der Waals surface area contributed by atoms with Crippen molar-refractivity contribution in [3.63, 3.8) is 0 Å². The predicted molar refractivity (Wildman–Crippen MR) is 148 cm³/mol. The molecule has 0 spiro atoms. The lowest BCUT2D eigenvalue weighted by Crippen LogP contribution is -2.15. The van der Waals surface area contributed by atoms with E-state index in [1.165, 1.54) is 0 Å². The number of carbonyl (C=O) groups is 2. The van der Waals surface area contributed by atoms with Gasteiger partial charge in [-0.3, -0.25) is 9.59 Å². The molecule has 0 aromatic carbocycles. The highest BCUT2D eigenvalue weighted by molar-refractivity contribution is 5.69. The van der Waals surface area contributed by atoms with Crippen molar-refractivity contribution in [3.8, 4) is 0 Å². The fourth-order valence-electron chi connectivity index (χ4n) is 2.94. The zero-order valence-corrected chi connectivity index (χ0v) is 24.9. The molecule has 40 heavy (non-hydrogen) atoms. The van der Waals surface area contributed by atoms with E-state index in [1.807, 2.05) is 6.92 Å². The second-order valence-electron chi connectivity index (χ2n) is 8.55. The van der Waals surface area contributed by atoms with Crippen LogP contribution in [0.4, 0.5) is 0 Å². The lowest BCUT2D eigenvalue weighted by atomic mass is 10.2. The van der Waals surface area contributed by atoms with Crippen LogP contribution in [-0.4, -0.2) is 131 Å². The Kier molecular flexibility index (Phi) is 32.7. The highest BCUT2D eigenvalue weighted by atomic mass is 16.6. The third-order valence-corrected chi connectivity index (χ3v) is 5.02. The van der Waals surface area contributed by atoms with Crippen LogP contribution in [0.5, 0.6) is 0 Å². The first-order chi connectivity index (χ1) is 19.7. The number of hydrogen-bond acceptors (Lipinski definition) is 12. The molecule has 0 saturated carbocycles. The summed E-state index contributed by atoms with van der Waals surface area (Å²) in [6, 6.07) is 0. The fourth-order valence-corrected chi connectivity index (χ4v) is 2.94. The number of ether oxygens (including phenoxy) is 10. The third kappa shape index (κ3) is 32.8. The molecule has 238 valence electrons. The normalized spacial score (nSPS) is 11.2. The maximum atomic E-state index is 11.4. The third-order valence-electron chi connectivity index (χ3n) is 5.02. The average molecular weight is 583 g/mol. The van der Waals surface area contributed by atoms with Crippen molar-refractivity contribution in [3.05, 3.63) is 0 Å². The molecule has 0 atom stereocenters. The first kappa shape index (κ1) is 38.6. The molecule has 0 aliphatic heterocycles. The van der Waals surface area contributed by atoms with E-state index in [4.69, 9.17) is 47.4 Å². The molecule has 0 amide bonds. The maximum absolute atomic E-state index is 11.4. The van der Waals surface area contributed by atoms with Crippen molar-refractivity contribution in [2.75, 3.05) is 119 Å². The van der Waals surface area contributed by atoms with Crippen LogP contribution < -0.4 is 0 Å². The smallest absolute Gasteiger partial charge is 0.305 e. The van der Waals surface area contributed by atoms with Crippen molar-refractivity contribution in [2.24, 2.45) is 0 Å². The van der Waals surface area contributed by atoms with Crippen LogP contribution in [0, 0.1) is 0 Å². The summed E-state index contributed by atoms with van der Waals surface area (Å²) in [5.74, 6) is -0.351. The zero-order chi connectivity index (χ0) is 29.2. The van der Waals surface area contributed by atoms with Gasteiger partial charge >= 0.3 is 11.9 Å². The van der Waals surface area contributed by atoms with Gasteiger partial charge in [0.2, 0.25) is 0 Å². The van der Waals surface area contributed by atoms with Gasteiger partial charge in [0, 0.05) is 12.8 Å². The maximum Gasteiger partial charge on any atom is 0.305 e. The highest BCUT2D eigenvalue weighted by Gasteiger charge is 2.02. The van der Waals surface area contributed by atoms with Crippen LogP contribution in [-0.2, 0) is 57.0 Å². The summed E-state index contributed by atoms with van der Waals surface area (Å²) < 4.78 is 53.3. The van der Waals surface area contributed by atoms with E-state index in [2.05, 4.69) is 6.92 Å². The van der Waals surface area contributed by atoms with Crippen LogP contribution >= 0.6 is 0 Å². The molecule has 0 radical (unpaired) electrons. The SMILES string of the molecule is CCCCCC(=O)OCCOCCOCCOCCOCCOCCOCCOCCOCCOC(=O)CCC. The fraction of sp³-hybridized carbons (Fsp3) is 0.929. The molecule has 0 saturated heterocycles. The molecular weight excluding hydrogens is 528 g/mol. The van der Waals surface area contributed by atoms with Gasteiger partial charge in [-0.15, -0.1) is 0 Å². The monoisotopic (exact) mass is 582 g/mol. The zero-order valence-electron chi connectivity index (χ0n) is 24.9. The summed E-state index contributed by atoms with van der Waals surface area (Å²) in [4.78, 5) is 22.6. The predicted octanol–water partition coefficient (Wildman–Crippen LogP) is 2.59. The van der Waals surface area contributed by atoms with E-state index in [9.17, 15) is 9.59 Å². The van der Waals surface area contributed by atoms with E-state index in [0.29, 0.717) is 119 Å². The molecule has 0 aliphatic rings. The number of esters is 2. The topological polar surface area (TPSA) is 126 Å². The van der Waals surface area contributed by atoms with Crippen molar-refractivity contribution < 1.29 is 57.0 Å². The van der Waals surface area contributed by atoms with Gasteiger partial charge in [0.25, 0.3) is 0 Å². The lowest BCUT2D eigenvalue weighted by molar-refractivity contribution is -0.146. The van der Waals surface area contributed by atoms with Crippen LogP contribution in [0.15, 0.2) is 0 Å². The van der Waals surface area contributed by atoms with Crippen LogP contribution in [0.3, 0.4) is 0 Å². The Labute approximate surface area is 240 Å². The van der Waals surface area contributed by atoms with Crippen molar-refractivity contribution in [2.45, 2.75) is 52.4 Å². The molecule has 0 rings (SSSR count). The minimum Gasteiger partial charge on any atom is -0.463 e. The Morgan fingerprint density at radius 2 is 0.625 bits per heavy atom. The van der Waals surface area contributed by atoms with Gasteiger partial charge in [-0.2, -0.15) is 0 Å². The largest absolute Gasteiger partial charge is 0.463 e. The molecule has 0 heterocycles. The number of rotatable bonds is 33. The number of hydrogen-bond donors (Lipinski definition) is 0. The van der Waals surface area contributed by atoms with E-state index in [0.717, 1.165) is 25.7 Å².